The lowest BCUT2D eigenvalue weighted by molar-refractivity contribution is -0.142. The first-order valence-corrected chi connectivity index (χ1v) is 12.3. The molecule has 0 aliphatic carbocycles. The van der Waals surface area contributed by atoms with Crippen LogP contribution in [0.15, 0.2) is 61.2 Å². The number of benzene rings is 2. The summed E-state index contributed by atoms with van der Waals surface area (Å²) in [7, 11) is 0. The molecule has 0 radical (unpaired) electrons. The highest BCUT2D eigenvalue weighted by Crippen LogP contribution is 2.24. The van der Waals surface area contributed by atoms with Crippen LogP contribution in [-0.4, -0.2) is 58.5 Å². The summed E-state index contributed by atoms with van der Waals surface area (Å²) < 4.78 is 5.28. The zero-order valence-corrected chi connectivity index (χ0v) is 21.8. The largest absolute Gasteiger partial charge is 0.444 e. The number of carbonyl (C=O) groups excluding carboxylic acids is 3. The highest BCUT2D eigenvalue weighted by atomic mass is 32.1. The second-order valence-corrected chi connectivity index (χ2v) is 9.48. The Hall–Kier alpha value is -3.30. The minimum Gasteiger partial charge on any atom is -0.444 e. The highest BCUT2D eigenvalue weighted by molar-refractivity contribution is 7.80. The van der Waals surface area contributed by atoms with Crippen LogP contribution in [0.25, 0.3) is 6.08 Å². The minimum absolute atomic E-state index is 0.0367. The fourth-order valence-corrected chi connectivity index (χ4v) is 3.77. The maximum absolute atomic E-state index is 13.6. The smallest absolute Gasteiger partial charge is 0.408 e. The zero-order chi connectivity index (χ0) is 26.7. The first-order chi connectivity index (χ1) is 17.1. The van der Waals surface area contributed by atoms with Gasteiger partial charge in [0.1, 0.15) is 17.7 Å². The summed E-state index contributed by atoms with van der Waals surface area (Å²) in [4.78, 5) is 40.7. The minimum atomic E-state index is -1.08. The molecule has 3 N–H and O–H groups in total. The van der Waals surface area contributed by atoms with Crippen LogP contribution in [0.2, 0.25) is 0 Å². The van der Waals surface area contributed by atoms with E-state index in [-0.39, 0.29) is 25.4 Å². The third kappa shape index (κ3) is 8.73. The van der Waals surface area contributed by atoms with E-state index in [4.69, 9.17) is 4.74 Å². The topological polar surface area (TPSA) is 108 Å². The molecule has 0 saturated heterocycles. The number of amides is 3. The SMILES string of the molecule is C=Cc1cccc(C(C(=O)NCc2ccccc2)N(CCO)C(=O)C(CS)NC(=O)OC(C)(C)C)c1. The Morgan fingerprint density at radius 2 is 1.83 bits per heavy atom. The van der Waals surface area contributed by atoms with Crippen molar-refractivity contribution in [3.63, 3.8) is 0 Å². The Morgan fingerprint density at radius 1 is 1.14 bits per heavy atom. The van der Waals surface area contributed by atoms with Gasteiger partial charge in [-0.1, -0.05) is 61.2 Å². The van der Waals surface area contributed by atoms with Gasteiger partial charge in [0.15, 0.2) is 0 Å². The number of hydrogen-bond acceptors (Lipinski definition) is 6. The molecule has 0 aliphatic rings. The summed E-state index contributed by atoms with van der Waals surface area (Å²) in [6.07, 6.45) is 0.860. The van der Waals surface area contributed by atoms with Crippen LogP contribution in [0, 0.1) is 0 Å². The van der Waals surface area contributed by atoms with Crippen LogP contribution in [0.1, 0.15) is 43.5 Å². The maximum atomic E-state index is 13.6. The summed E-state index contributed by atoms with van der Waals surface area (Å²) in [6.45, 7) is 8.64. The molecule has 2 aromatic carbocycles. The van der Waals surface area contributed by atoms with Crippen molar-refractivity contribution < 1.29 is 24.2 Å². The molecular formula is C27H35N3O5S. The number of aliphatic hydroxyl groups excluding tert-OH is 1. The fourth-order valence-electron chi connectivity index (χ4n) is 3.52. The summed E-state index contributed by atoms with van der Waals surface area (Å²) in [5.74, 6) is -1.05. The standard InChI is InChI=1S/C27H35N3O5S/c1-5-19-12-9-13-21(16-19)23(24(32)28-17-20-10-7-6-8-11-20)30(14-15-31)25(33)22(18-36)29-26(34)35-27(2,3)4/h5-13,16,22-23,31,36H,1,14-15,17-18H2,2-4H3,(H,28,32)(H,29,34). The van der Waals surface area contributed by atoms with Gasteiger partial charge in [-0.25, -0.2) is 4.79 Å². The number of rotatable bonds is 11. The van der Waals surface area contributed by atoms with E-state index < -0.39 is 35.6 Å². The number of thiol groups is 1. The molecule has 9 heteroatoms. The van der Waals surface area contributed by atoms with Crippen LogP contribution < -0.4 is 10.6 Å². The molecule has 8 nitrogen and oxygen atoms in total. The van der Waals surface area contributed by atoms with Crippen LogP contribution in [0.3, 0.4) is 0 Å². The predicted molar refractivity (Wildman–Crippen MR) is 143 cm³/mol. The van der Waals surface area contributed by atoms with E-state index in [1.807, 2.05) is 36.4 Å². The van der Waals surface area contributed by atoms with Crippen molar-refractivity contribution in [1.82, 2.24) is 15.5 Å². The van der Waals surface area contributed by atoms with E-state index in [9.17, 15) is 19.5 Å². The number of carbonyl (C=O) groups is 3. The van der Waals surface area contributed by atoms with Gasteiger partial charge in [0, 0.05) is 18.8 Å². The molecule has 0 fully saturated rings. The number of alkyl carbamates (subject to hydrolysis) is 1. The summed E-state index contributed by atoms with van der Waals surface area (Å²) in [5.41, 5.74) is 1.44. The second-order valence-electron chi connectivity index (χ2n) is 9.12. The number of nitrogens with one attached hydrogen (secondary N) is 2. The van der Waals surface area contributed by atoms with Crippen molar-refractivity contribution >= 4 is 36.6 Å². The molecule has 36 heavy (non-hydrogen) atoms. The fraction of sp³-hybridized carbons (Fsp3) is 0.370. The summed E-state index contributed by atoms with van der Waals surface area (Å²) >= 11 is 4.24. The third-order valence-electron chi connectivity index (χ3n) is 5.13. The van der Waals surface area contributed by atoms with E-state index in [0.29, 0.717) is 5.56 Å². The third-order valence-corrected chi connectivity index (χ3v) is 5.49. The number of aliphatic hydroxyl groups is 1. The Morgan fingerprint density at radius 3 is 2.42 bits per heavy atom. The van der Waals surface area contributed by atoms with Gasteiger partial charge in [-0.15, -0.1) is 0 Å². The molecule has 0 aromatic heterocycles. The van der Waals surface area contributed by atoms with Gasteiger partial charge < -0.3 is 25.4 Å². The molecule has 2 rings (SSSR count). The van der Waals surface area contributed by atoms with Gasteiger partial charge in [0.05, 0.1) is 6.61 Å². The molecule has 0 bridgehead atoms. The van der Waals surface area contributed by atoms with Gasteiger partial charge >= 0.3 is 6.09 Å². The summed E-state index contributed by atoms with van der Waals surface area (Å²) in [5, 5.41) is 15.2. The summed E-state index contributed by atoms with van der Waals surface area (Å²) in [6, 6.07) is 14.3. The first kappa shape index (κ1) is 28.9. The molecule has 0 heterocycles. The molecular weight excluding hydrogens is 478 g/mol. The zero-order valence-electron chi connectivity index (χ0n) is 20.9. The lowest BCUT2D eigenvalue weighted by Gasteiger charge is -2.34. The monoisotopic (exact) mass is 513 g/mol. The van der Waals surface area contributed by atoms with E-state index in [1.165, 1.54) is 4.90 Å². The lowest BCUT2D eigenvalue weighted by Crippen LogP contribution is -2.54. The Balaban J connectivity index is 2.39. The normalized spacial score (nSPS) is 12.7. The van der Waals surface area contributed by atoms with Gasteiger partial charge in [0.25, 0.3) is 0 Å². The molecule has 2 atom stereocenters. The Labute approximate surface area is 218 Å². The van der Waals surface area contributed by atoms with Crippen molar-refractivity contribution in [3.8, 4) is 0 Å². The van der Waals surface area contributed by atoms with Crippen LogP contribution in [-0.2, 0) is 20.9 Å². The maximum Gasteiger partial charge on any atom is 0.408 e. The molecule has 194 valence electrons. The van der Waals surface area contributed by atoms with E-state index in [2.05, 4.69) is 29.8 Å². The van der Waals surface area contributed by atoms with Crippen molar-refractivity contribution in [2.45, 2.75) is 45.0 Å². The molecule has 3 amide bonds. The van der Waals surface area contributed by atoms with Gasteiger partial charge in [-0.2, -0.15) is 12.6 Å². The quantitative estimate of drug-likeness (QED) is 0.345. The Bertz CT molecular complexity index is 1040. The lowest BCUT2D eigenvalue weighted by atomic mass is 10.0. The molecule has 0 aliphatic heterocycles. The average Bonchev–Trinajstić information content (AvgIpc) is 2.85. The van der Waals surface area contributed by atoms with E-state index in [1.54, 1.807) is 45.0 Å². The first-order valence-electron chi connectivity index (χ1n) is 11.7. The van der Waals surface area contributed by atoms with E-state index in [0.717, 1.165) is 11.1 Å². The number of ether oxygens (including phenoxy) is 1. The molecule has 0 saturated carbocycles. The van der Waals surface area contributed by atoms with Crippen LogP contribution in [0.4, 0.5) is 4.79 Å². The van der Waals surface area contributed by atoms with Crippen molar-refractivity contribution in [2.24, 2.45) is 0 Å². The Kier molecular flexibility index (Phi) is 11.0. The number of hydrogen-bond donors (Lipinski definition) is 4. The average molecular weight is 514 g/mol. The van der Waals surface area contributed by atoms with Crippen molar-refractivity contribution in [2.75, 3.05) is 18.9 Å². The van der Waals surface area contributed by atoms with Gasteiger partial charge in [-0.05, 0) is 43.5 Å². The van der Waals surface area contributed by atoms with Crippen molar-refractivity contribution in [3.05, 3.63) is 77.9 Å². The second kappa shape index (κ2) is 13.7. The van der Waals surface area contributed by atoms with E-state index >= 15 is 0 Å². The highest BCUT2D eigenvalue weighted by Gasteiger charge is 2.35. The van der Waals surface area contributed by atoms with Crippen LogP contribution >= 0.6 is 12.6 Å². The molecule has 0 spiro atoms. The number of nitrogens with zero attached hydrogens (tertiary/aromatic N) is 1. The predicted octanol–water partition coefficient (Wildman–Crippen LogP) is 3.33. The van der Waals surface area contributed by atoms with Crippen LogP contribution in [0.5, 0.6) is 0 Å². The van der Waals surface area contributed by atoms with Gasteiger partial charge in [0.2, 0.25) is 11.8 Å². The molecule has 2 unspecified atom stereocenters. The van der Waals surface area contributed by atoms with Gasteiger partial charge in [-0.3, -0.25) is 9.59 Å². The molecule has 2 aromatic rings. The van der Waals surface area contributed by atoms with Crippen molar-refractivity contribution in [1.29, 1.82) is 0 Å².